The van der Waals surface area contributed by atoms with E-state index in [2.05, 4.69) is 19.2 Å². The molecule has 4 heteroatoms. The number of nitrogens with two attached hydrogens (primary N) is 1. The van der Waals surface area contributed by atoms with Crippen molar-refractivity contribution in [2.24, 2.45) is 11.7 Å². The molecule has 0 aromatic rings. The van der Waals surface area contributed by atoms with E-state index in [1.165, 1.54) is 96.3 Å². The zero-order chi connectivity index (χ0) is 23.0. The first kappa shape index (κ1) is 30.8. The average Bonchev–Trinajstić information content (AvgIpc) is 2.79. The van der Waals surface area contributed by atoms with Crippen LogP contribution in [0.1, 0.15) is 129 Å². The highest BCUT2D eigenvalue weighted by Gasteiger charge is 2.37. The van der Waals surface area contributed by atoms with E-state index in [1.807, 2.05) is 14.2 Å². The van der Waals surface area contributed by atoms with Crippen molar-refractivity contribution in [1.82, 2.24) is 5.32 Å². The summed E-state index contributed by atoms with van der Waals surface area (Å²) in [6.45, 7) is 7.21. The van der Waals surface area contributed by atoms with Gasteiger partial charge in [0, 0.05) is 39.6 Å². The second-order valence-electron chi connectivity index (χ2n) is 9.38. The largest absolute Gasteiger partial charge is 0.353 e. The van der Waals surface area contributed by atoms with E-state index in [0.717, 1.165) is 32.4 Å². The quantitative estimate of drug-likeness (QED) is 0.116. The Kier molecular flexibility index (Phi) is 22.9. The molecule has 0 aliphatic heterocycles. The van der Waals surface area contributed by atoms with Gasteiger partial charge in [-0.2, -0.15) is 0 Å². The lowest BCUT2D eigenvalue weighted by molar-refractivity contribution is -0.247. The fourth-order valence-corrected chi connectivity index (χ4v) is 4.79. The molecule has 0 aromatic heterocycles. The summed E-state index contributed by atoms with van der Waals surface area (Å²) in [4.78, 5) is 0. The van der Waals surface area contributed by atoms with Crippen molar-refractivity contribution >= 4 is 0 Å². The molecule has 1 atom stereocenters. The van der Waals surface area contributed by atoms with E-state index in [9.17, 15) is 0 Å². The fourth-order valence-electron chi connectivity index (χ4n) is 4.79. The van der Waals surface area contributed by atoms with Gasteiger partial charge in [-0.3, -0.25) is 0 Å². The Morgan fingerprint density at radius 2 is 1.13 bits per heavy atom. The van der Waals surface area contributed by atoms with Gasteiger partial charge < -0.3 is 20.5 Å². The van der Waals surface area contributed by atoms with Crippen LogP contribution >= 0.6 is 0 Å². The first-order valence-electron chi connectivity index (χ1n) is 13.7. The van der Waals surface area contributed by atoms with Crippen LogP contribution in [0.15, 0.2) is 0 Å². The molecule has 0 amide bonds. The lowest BCUT2D eigenvalue weighted by Gasteiger charge is -2.39. The Labute approximate surface area is 195 Å². The van der Waals surface area contributed by atoms with Gasteiger partial charge in [-0.1, -0.05) is 97.3 Å². The highest BCUT2D eigenvalue weighted by Crippen LogP contribution is 2.36. The minimum absolute atomic E-state index is 0.417. The summed E-state index contributed by atoms with van der Waals surface area (Å²) in [5.74, 6) is 0.0531. The van der Waals surface area contributed by atoms with Gasteiger partial charge in [0.05, 0.1) is 0 Å². The van der Waals surface area contributed by atoms with Crippen LogP contribution in [0.3, 0.4) is 0 Å². The van der Waals surface area contributed by atoms with E-state index in [0.29, 0.717) is 12.5 Å². The highest BCUT2D eigenvalue weighted by atomic mass is 16.7. The maximum absolute atomic E-state index is 6.12. The lowest BCUT2D eigenvalue weighted by atomic mass is 9.84. The minimum atomic E-state index is -0.417. The second kappa shape index (κ2) is 23.0. The number of ether oxygens (including phenoxy) is 2. The molecule has 0 saturated heterocycles. The van der Waals surface area contributed by atoms with Crippen LogP contribution in [0, 0.1) is 5.92 Å². The number of unbranched alkanes of at least 4 members (excludes halogenated alkanes) is 12. The molecule has 0 aliphatic rings. The molecule has 0 aliphatic carbocycles. The van der Waals surface area contributed by atoms with Gasteiger partial charge in [0.15, 0.2) is 5.79 Å². The third-order valence-corrected chi connectivity index (χ3v) is 6.83. The zero-order valence-electron chi connectivity index (χ0n) is 21.8. The van der Waals surface area contributed by atoms with Crippen LogP contribution in [0.4, 0.5) is 0 Å². The molecule has 0 fully saturated rings. The van der Waals surface area contributed by atoms with Gasteiger partial charge in [-0.25, -0.2) is 0 Å². The molecule has 0 saturated carbocycles. The van der Waals surface area contributed by atoms with Crippen molar-refractivity contribution in [3.8, 4) is 0 Å². The van der Waals surface area contributed by atoms with Crippen molar-refractivity contribution < 1.29 is 9.47 Å². The average molecular weight is 443 g/mol. The summed E-state index contributed by atoms with van der Waals surface area (Å²) in [7, 11) is 3.71. The summed E-state index contributed by atoms with van der Waals surface area (Å²) in [5.41, 5.74) is 5.61. The maximum atomic E-state index is 6.12. The summed E-state index contributed by atoms with van der Waals surface area (Å²) in [5, 5.41) is 3.44. The van der Waals surface area contributed by atoms with Crippen molar-refractivity contribution in [3.63, 3.8) is 0 Å². The third kappa shape index (κ3) is 16.2. The predicted octanol–water partition coefficient (Wildman–Crippen LogP) is 7.20. The summed E-state index contributed by atoms with van der Waals surface area (Å²) < 4.78 is 12.2. The first-order chi connectivity index (χ1) is 15.2. The van der Waals surface area contributed by atoms with Crippen molar-refractivity contribution in [3.05, 3.63) is 0 Å². The molecule has 188 valence electrons. The number of nitrogens with one attached hydrogen (secondary N) is 1. The smallest absolute Gasteiger partial charge is 0.170 e. The van der Waals surface area contributed by atoms with E-state index < -0.39 is 5.79 Å². The molecule has 1 unspecified atom stereocenters. The van der Waals surface area contributed by atoms with Crippen molar-refractivity contribution in [2.75, 3.05) is 33.9 Å². The van der Waals surface area contributed by atoms with E-state index in [1.54, 1.807) is 0 Å². The monoisotopic (exact) mass is 442 g/mol. The number of methoxy groups -OCH3 is 2. The van der Waals surface area contributed by atoms with Crippen LogP contribution in [-0.4, -0.2) is 39.6 Å². The Morgan fingerprint density at radius 1 is 0.645 bits per heavy atom. The molecule has 0 spiro atoms. The molecule has 0 aromatic carbocycles. The Hall–Kier alpha value is -0.160. The van der Waals surface area contributed by atoms with Crippen LogP contribution < -0.4 is 11.1 Å². The van der Waals surface area contributed by atoms with Crippen LogP contribution in [-0.2, 0) is 9.47 Å². The molecular formula is C27H58N2O2. The van der Waals surface area contributed by atoms with Gasteiger partial charge >= 0.3 is 0 Å². The van der Waals surface area contributed by atoms with Crippen LogP contribution in [0.2, 0.25) is 0 Å². The molecule has 3 N–H and O–H groups in total. The maximum Gasteiger partial charge on any atom is 0.170 e. The molecular weight excluding hydrogens is 384 g/mol. The fraction of sp³-hybridized carbons (Fsp3) is 1.00. The molecule has 0 bridgehead atoms. The second-order valence-corrected chi connectivity index (χ2v) is 9.38. The number of hydrogen-bond donors (Lipinski definition) is 2. The SMILES string of the molecule is CCCCCCCCCCC(OC)(OC)C(CCCCCCCC)CCCNCCN. The molecule has 31 heavy (non-hydrogen) atoms. The Bertz CT molecular complexity index is 348. The van der Waals surface area contributed by atoms with Gasteiger partial charge in [-0.15, -0.1) is 0 Å². The van der Waals surface area contributed by atoms with E-state index >= 15 is 0 Å². The normalized spacial score (nSPS) is 13.1. The molecule has 0 heterocycles. The van der Waals surface area contributed by atoms with Gasteiger partial charge in [0.25, 0.3) is 0 Å². The Balaban J connectivity index is 4.57. The molecule has 0 rings (SSSR count). The standard InChI is InChI=1S/C27H58N2O2/c1-5-7-9-11-13-14-16-18-22-27(30-3,31-4)26(21-19-24-29-25-23-28)20-17-15-12-10-8-6-2/h26,29H,5-25,28H2,1-4H3. The number of hydrogen-bond acceptors (Lipinski definition) is 4. The summed E-state index contributed by atoms with van der Waals surface area (Å²) >= 11 is 0. The summed E-state index contributed by atoms with van der Waals surface area (Å²) in [6.07, 6.45) is 23.3. The van der Waals surface area contributed by atoms with Gasteiger partial charge in [0.1, 0.15) is 0 Å². The highest BCUT2D eigenvalue weighted by molar-refractivity contribution is 4.80. The summed E-state index contributed by atoms with van der Waals surface area (Å²) in [6, 6.07) is 0. The minimum Gasteiger partial charge on any atom is -0.353 e. The molecule has 0 radical (unpaired) electrons. The molecule has 4 nitrogen and oxygen atoms in total. The topological polar surface area (TPSA) is 56.5 Å². The van der Waals surface area contributed by atoms with Crippen LogP contribution in [0.25, 0.3) is 0 Å². The van der Waals surface area contributed by atoms with E-state index in [4.69, 9.17) is 15.2 Å². The van der Waals surface area contributed by atoms with Crippen LogP contribution in [0.5, 0.6) is 0 Å². The number of rotatable bonds is 25. The van der Waals surface area contributed by atoms with E-state index in [-0.39, 0.29) is 0 Å². The lowest BCUT2D eigenvalue weighted by Crippen LogP contribution is -2.42. The van der Waals surface area contributed by atoms with Crippen molar-refractivity contribution in [1.29, 1.82) is 0 Å². The Morgan fingerprint density at radius 3 is 1.65 bits per heavy atom. The third-order valence-electron chi connectivity index (χ3n) is 6.83. The van der Waals surface area contributed by atoms with Gasteiger partial charge in [0.2, 0.25) is 0 Å². The van der Waals surface area contributed by atoms with Gasteiger partial charge in [-0.05, 0) is 32.2 Å². The van der Waals surface area contributed by atoms with Crippen molar-refractivity contribution in [2.45, 2.75) is 135 Å². The zero-order valence-corrected chi connectivity index (χ0v) is 21.8. The predicted molar refractivity (Wildman–Crippen MR) is 137 cm³/mol. The first-order valence-corrected chi connectivity index (χ1v) is 13.7.